The SMILES string of the molecule is O=C(NCC(O)c1cccc(C(F)(F)F)c1)C1COCCN1. The van der Waals surface area contributed by atoms with Gasteiger partial charge in [-0.05, 0) is 17.7 Å². The Morgan fingerprint density at radius 2 is 2.27 bits per heavy atom. The van der Waals surface area contributed by atoms with E-state index in [2.05, 4.69) is 10.6 Å². The minimum Gasteiger partial charge on any atom is -0.387 e. The molecule has 1 aliphatic rings. The van der Waals surface area contributed by atoms with Gasteiger partial charge in [-0.15, -0.1) is 0 Å². The normalized spacial score (nSPS) is 20.5. The average molecular weight is 318 g/mol. The quantitative estimate of drug-likeness (QED) is 0.769. The number of ether oxygens (including phenoxy) is 1. The second-order valence-electron chi connectivity index (χ2n) is 4.97. The maximum Gasteiger partial charge on any atom is 0.416 e. The van der Waals surface area contributed by atoms with E-state index < -0.39 is 23.9 Å². The lowest BCUT2D eigenvalue weighted by atomic mass is 10.1. The minimum atomic E-state index is -4.47. The van der Waals surface area contributed by atoms with Crippen molar-refractivity contribution in [1.82, 2.24) is 10.6 Å². The molecule has 1 aliphatic heterocycles. The van der Waals surface area contributed by atoms with Crippen molar-refractivity contribution in [2.24, 2.45) is 0 Å². The number of carbonyl (C=O) groups excluding carboxylic acids is 1. The van der Waals surface area contributed by atoms with Gasteiger partial charge in [-0.25, -0.2) is 0 Å². The molecule has 1 fully saturated rings. The van der Waals surface area contributed by atoms with Crippen molar-refractivity contribution in [2.45, 2.75) is 18.3 Å². The fourth-order valence-corrected chi connectivity index (χ4v) is 2.09. The molecule has 1 saturated heterocycles. The van der Waals surface area contributed by atoms with Gasteiger partial charge >= 0.3 is 6.18 Å². The van der Waals surface area contributed by atoms with Gasteiger partial charge in [-0.1, -0.05) is 12.1 Å². The second-order valence-corrected chi connectivity index (χ2v) is 4.97. The van der Waals surface area contributed by atoms with Gasteiger partial charge in [0.15, 0.2) is 0 Å². The van der Waals surface area contributed by atoms with Crippen LogP contribution in [0.15, 0.2) is 24.3 Å². The Bertz CT molecular complexity index is 516. The van der Waals surface area contributed by atoms with Crippen molar-refractivity contribution in [3.63, 3.8) is 0 Å². The van der Waals surface area contributed by atoms with E-state index in [9.17, 15) is 23.1 Å². The summed E-state index contributed by atoms with van der Waals surface area (Å²) in [5.41, 5.74) is -0.735. The molecule has 0 aliphatic carbocycles. The molecule has 22 heavy (non-hydrogen) atoms. The van der Waals surface area contributed by atoms with Crippen molar-refractivity contribution in [3.05, 3.63) is 35.4 Å². The lowest BCUT2D eigenvalue weighted by Crippen LogP contribution is -2.51. The van der Waals surface area contributed by atoms with Crippen LogP contribution in [-0.4, -0.2) is 43.4 Å². The molecule has 122 valence electrons. The number of rotatable bonds is 4. The number of hydrogen-bond donors (Lipinski definition) is 3. The molecule has 2 rings (SSSR count). The van der Waals surface area contributed by atoms with Crippen molar-refractivity contribution in [1.29, 1.82) is 0 Å². The fourth-order valence-electron chi connectivity index (χ4n) is 2.09. The Kier molecular flexibility index (Phi) is 5.38. The van der Waals surface area contributed by atoms with Crippen LogP contribution in [0.4, 0.5) is 13.2 Å². The highest BCUT2D eigenvalue weighted by Gasteiger charge is 2.31. The highest BCUT2D eigenvalue weighted by Crippen LogP contribution is 2.30. The molecule has 5 nitrogen and oxygen atoms in total. The standard InChI is InChI=1S/C14H17F3N2O3/c15-14(16,17)10-3-1-2-9(6-10)12(20)7-19-13(21)11-8-22-5-4-18-11/h1-3,6,11-12,18,20H,4-5,7-8H2,(H,19,21). The number of morpholine rings is 1. The van der Waals surface area contributed by atoms with Gasteiger partial charge in [-0.3, -0.25) is 4.79 Å². The Hall–Kier alpha value is -1.64. The topological polar surface area (TPSA) is 70.6 Å². The Morgan fingerprint density at radius 3 is 2.91 bits per heavy atom. The van der Waals surface area contributed by atoms with Crippen LogP contribution in [0.5, 0.6) is 0 Å². The largest absolute Gasteiger partial charge is 0.416 e. The second kappa shape index (κ2) is 7.08. The third kappa shape index (κ3) is 4.43. The molecular formula is C14H17F3N2O3. The number of hydrogen-bond acceptors (Lipinski definition) is 4. The zero-order chi connectivity index (χ0) is 16.2. The van der Waals surface area contributed by atoms with E-state index in [0.29, 0.717) is 13.2 Å². The molecule has 2 unspecified atom stereocenters. The predicted octanol–water partition coefficient (Wildman–Crippen LogP) is 0.843. The lowest BCUT2D eigenvalue weighted by molar-refractivity contribution is -0.137. The molecule has 1 aromatic rings. The fraction of sp³-hybridized carbons (Fsp3) is 0.500. The number of carbonyl (C=O) groups is 1. The first-order valence-corrected chi connectivity index (χ1v) is 6.82. The number of benzene rings is 1. The van der Waals surface area contributed by atoms with Crippen LogP contribution >= 0.6 is 0 Å². The number of nitrogens with one attached hydrogen (secondary N) is 2. The Labute approximate surface area is 125 Å². The summed E-state index contributed by atoms with van der Waals surface area (Å²) in [6, 6.07) is 3.90. The van der Waals surface area contributed by atoms with Gasteiger partial charge in [0.2, 0.25) is 5.91 Å². The maximum absolute atomic E-state index is 12.6. The molecule has 0 spiro atoms. The monoisotopic (exact) mass is 318 g/mol. The highest BCUT2D eigenvalue weighted by molar-refractivity contribution is 5.82. The summed E-state index contributed by atoms with van der Waals surface area (Å²) in [6.07, 6.45) is -5.68. The molecule has 8 heteroatoms. The number of aliphatic hydroxyl groups excluding tert-OH is 1. The van der Waals surface area contributed by atoms with Crippen molar-refractivity contribution >= 4 is 5.91 Å². The molecule has 0 saturated carbocycles. The van der Waals surface area contributed by atoms with E-state index in [4.69, 9.17) is 4.74 Å². The van der Waals surface area contributed by atoms with Crippen LogP contribution < -0.4 is 10.6 Å². The van der Waals surface area contributed by atoms with Crippen LogP contribution in [0.1, 0.15) is 17.2 Å². The molecule has 0 radical (unpaired) electrons. The Morgan fingerprint density at radius 1 is 1.50 bits per heavy atom. The van der Waals surface area contributed by atoms with Crippen LogP contribution in [-0.2, 0) is 15.7 Å². The van der Waals surface area contributed by atoms with E-state index in [-0.39, 0.29) is 24.6 Å². The molecule has 2 atom stereocenters. The zero-order valence-corrected chi connectivity index (χ0v) is 11.7. The summed E-state index contributed by atoms with van der Waals surface area (Å²) in [6.45, 7) is 1.13. The van der Waals surface area contributed by atoms with Crippen LogP contribution in [0.2, 0.25) is 0 Å². The van der Waals surface area contributed by atoms with E-state index in [1.165, 1.54) is 12.1 Å². The van der Waals surface area contributed by atoms with Gasteiger partial charge in [0, 0.05) is 13.1 Å². The van der Waals surface area contributed by atoms with E-state index in [1.807, 2.05) is 0 Å². The van der Waals surface area contributed by atoms with Gasteiger partial charge < -0.3 is 20.5 Å². The first kappa shape index (κ1) is 16.7. The van der Waals surface area contributed by atoms with Crippen LogP contribution in [0.25, 0.3) is 0 Å². The van der Waals surface area contributed by atoms with E-state index in [0.717, 1.165) is 12.1 Å². The maximum atomic E-state index is 12.6. The first-order valence-electron chi connectivity index (χ1n) is 6.82. The molecule has 0 bridgehead atoms. The van der Waals surface area contributed by atoms with Crippen LogP contribution in [0.3, 0.4) is 0 Å². The molecule has 1 heterocycles. The zero-order valence-electron chi connectivity index (χ0n) is 11.7. The number of amides is 1. The van der Waals surface area contributed by atoms with Crippen LogP contribution in [0, 0.1) is 0 Å². The summed E-state index contributed by atoms with van der Waals surface area (Å²) in [7, 11) is 0. The molecule has 3 N–H and O–H groups in total. The van der Waals surface area contributed by atoms with E-state index in [1.54, 1.807) is 0 Å². The van der Waals surface area contributed by atoms with E-state index >= 15 is 0 Å². The average Bonchev–Trinajstić information content (AvgIpc) is 2.52. The number of alkyl halides is 3. The van der Waals surface area contributed by atoms with Gasteiger partial charge in [0.25, 0.3) is 0 Å². The van der Waals surface area contributed by atoms with Gasteiger partial charge in [0.1, 0.15) is 6.04 Å². The lowest BCUT2D eigenvalue weighted by Gasteiger charge is -2.23. The van der Waals surface area contributed by atoms with Crippen molar-refractivity contribution < 1.29 is 27.8 Å². The smallest absolute Gasteiger partial charge is 0.387 e. The summed E-state index contributed by atoms with van der Waals surface area (Å²) < 4.78 is 43.0. The molecule has 1 amide bonds. The number of aliphatic hydroxyl groups is 1. The van der Waals surface area contributed by atoms with Crippen molar-refractivity contribution in [3.8, 4) is 0 Å². The third-order valence-electron chi connectivity index (χ3n) is 3.31. The molecular weight excluding hydrogens is 301 g/mol. The predicted molar refractivity (Wildman–Crippen MR) is 72.0 cm³/mol. The summed E-state index contributed by atoms with van der Waals surface area (Å²) in [5, 5.41) is 15.4. The highest BCUT2D eigenvalue weighted by atomic mass is 19.4. The molecule has 0 aromatic heterocycles. The van der Waals surface area contributed by atoms with Gasteiger partial charge in [0.05, 0.1) is 24.9 Å². The summed E-state index contributed by atoms with van der Waals surface area (Å²) >= 11 is 0. The summed E-state index contributed by atoms with van der Waals surface area (Å²) in [5.74, 6) is -0.356. The summed E-state index contributed by atoms with van der Waals surface area (Å²) in [4.78, 5) is 11.8. The van der Waals surface area contributed by atoms with Gasteiger partial charge in [-0.2, -0.15) is 13.2 Å². The number of halogens is 3. The minimum absolute atomic E-state index is 0.1000. The first-order chi connectivity index (χ1) is 10.4. The molecule has 1 aromatic carbocycles. The Balaban J connectivity index is 1.91. The third-order valence-corrected chi connectivity index (χ3v) is 3.31. The van der Waals surface area contributed by atoms with Crippen molar-refractivity contribution in [2.75, 3.05) is 26.3 Å².